The fourth-order valence-corrected chi connectivity index (χ4v) is 11.5. The maximum atomic E-state index is 6.32. The molecule has 0 fully saturated rings. The highest BCUT2D eigenvalue weighted by Crippen LogP contribution is 2.59. The minimum atomic E-state index is -0.528. The van der Waals surface area contributed by atoms with E-state index in [9.17, 15) is 0 Å². The minimum Gasteiger partial charge on any atom is -0.456 e. The Labute approximate surface area is 405 Å². The normalized spacial score (nSPS) is 12.7. The van der Waals surface area contributed by atoms with Gasteiger partial charge in [0.1, 0.15) is 22.3 Å². The van der Waals surface area contributed by atoms with Gasteiger partial charge in [0.2, 0.25) is 0 Å². The van der Waals surface area contributed by atoms with Crippen molar-refractivity contribution in [3.05, 3.63) is 283 Å². The molecule has 11 aromatic carbocycles. The Morgan fingerprint density at radius 2 is 0.771 bits per heavy atom. The monoisotopic (exact) mass is 893 g/mol. The lowest BCUT2D eigenvalue weighted by Crippen LogP contribution is -2.28. The molecule has 0 N–H and O–H groups in total. The molecular formula is C67H43NO2. The van der Waals surface area contributed by atoms with Crippen LogP contribution in [0.2, 0.25) is 0 Å². The van der Waals surface area contributed by atoms with Crippen LogP contribution in [-0.2, 0) is 5.41 Å². The molecule has 2 heterocycles. The van der Waals surface area contributed by atoms with Gasteiger partial charge in [0, 0.05) is 38.5 Å². The van der Waals surface area contributed by atoms with E-state index in [0.29, 0.717) is 0 Å². The molecule has 328 valence electrons. The van der Waals surface area contributed by atoms with E-state index in [0.717, 1.165) is 88.8 Å². The van der Waals surface area contributed by atoms with Crippen LogP contribution in [0.25, 0.3) is 88.4 Å². The van der Waals surface area contributed by atoms with Crippen molar-refractivity contribution in [1.29, 1.82) is 0 Å². The van der Waals surface area contributed by atoms with E-state index in [1.165, 1.54) is 38.9 Å². The maximum absolute atomic E-state index is 6.32. The Balaban J connectivity index is 0.907. The van der Waals surface area contributed by atoms with Gasteiger partial charge in [-0.3, -0.25) is 0 Å². The van der Waals surface area contributed by atoms with Crippen molar-refractivity contribution in [1.82, 2.24) is 0 Å². The average molecular weight is 894 g/mol. The third-order valence-electron chi connectivity index (χ3n) is 14.6. The Hall–Kier alpha value is -9.18. The lowest BCUT2D eigenvalue weighted by atomic mass is 9.68. The fourth-order valence-electron chi connectivity index (χ4n) is 11.5. The summed E-state index contributed by atoms with van der Waals surface area (Å²) in [5.41, 5.74) is 20.7. The number of hydrogen-bond acceptors (Lipinski definition) is 3. The first kappa shape index (κ1) is 39.9. The highest BCUT2D eigenvalue weighted by Gasteiger charge is 2.47. The Kier molecular flexibility index (Phi) is 9.11. The van der Waals surface area contributed by atoms with Crippen LogP contribution in [0.15, 0.2) is 270 Å². The van der Waals surface area contributed by atoms with Crippen molar-refractivity contribution in [2.24, 2.45) is 0 Å². The van der Waals surface area contributed by atoms with Gasteiger partial charge in [-0.25, -0.2) is 0 Å². The van der Waals surface area contributed by atoms with Crippen LogP contribution >= 0.6 is 0 Å². The van der Waals surface area contributed by atoms with Crippen LogP contribution < -0.4 is 4.90 Å². The topological polar surface area (TPSA) is 29.5 Å². The number of fused-ring (bicyclic) bond motifs is 9. The zero-order valence-electron chi connectivity index (χ0n) is 38.1. The molecule has 2 aromatic heterocycles. The van der Waals surface area contributed by atoms with Gasteiger partial charge in [0.05, 0.1) is 11.1 Å². The van der Waals surface area contributed by atoms with Crippen LogP contribution in [0.4, 0.5) is 17.1 Å². The van der Waals surface area contributed by atoms with Gasteiger partial charge in [-0.2, -0.15) is 0 Å². The molecule has 0 saturated heterocycles. The van der Waals surface area contributed by atoms with Crippen molar-refractivity contribution < 1.29 is 8.83 Å². The van der Waals surface area contributed by atoms with Crippen molar-refractivity contribution >= 4 is 60.9 Å². The molecular weight excluding hydrogens is 851 g/mol. The second-order valence-electron chi connectivity index (χ2n) is 18.3. The zero-order chi connectivity index (χ0) is 46.2. The second kappa shape index (κ2) is 16.0. The molecule has 0 saturated carbocycles. The van der Waals surface area contributed by atoms with Gasteiger partial charge in [0.25, 0.3) is 0 Å². The SMILES string of the molecule is c1ccc(C2(c3ccccc3)c3ccccc3-c3c(N(c4ccc(-c5ccc(-c6ccc7oc8ccccc8c7c6)cc5)cc4)c4ccc(-c5cccc6oc7ccccc7c56)cc4)cccc32)cc1. The quantitative estimate of drug-likeness (QED) is 0.152. The Morgan fingerprint density at radius 3 is 1.47 bits per heavy atom. The summed E-state index contributed by atoms with van der Waals surface area (Å²) in [7, 11) is 0. The summed E-state index contributed by atoms with van der Waals surface area (Å²) in [5, 5.41) is 4.53. The molecule has 0 aliphatic heterocycles. The number of hydrogen-bond donors (Lipinski definition) is 0. The lowest BCUT2D eigenvalue weighted by Gasteiger charge is -2.34. The van der Waals surface area contributed by atoms with Crippen LogP contribution in [0.3, 0.4) is 0 Å². The van der Waals surface area contributed by atoms with Crippen LogP contribution in [0, 0.1) is 0 Å². The summed E-state index contributed by atoms with van der Waals surface area (Å²) < 4.78 is 12.5. The van der Waals surface area contributed by atoms with E-state index >= 15 is 0 Å². The fraction of sp³-hybridized carbons (Fsp3) is 0.0149. The van der Waals surface area contributed by atoms with Gasteiger partial charge < -0.3 is 13.7 Å². The first-order valence-corrected chi connectivity index (χ1v) is 24.0. The summed E-state index contributed by atoms with van der Waals surface area (Å²) >= 11 is 0. The molecule has 1 aliphatic rings. The van der Waals surface area contributed by atoms with Crippen LogP contribution in [0.5, 0.6) is 0 Å². The highest BCUT2D eigenvalue weighted by atomic mass is 16.3. The number of anilines is 3. The summed E-state index contributed by atoms with van der Waals surface area (Å²) in [6, 6.07) is 94.4. The van der Waals surface area contributed by atoms with E-state index < -0.39 is 5.41 Å². The zero-order valence-corrected chi connectivity index (χ0v) is 38.1. The molecule has 0 atom stereocenters. The van der Waals surface area contributed by atoms with E-state index in [4.69, 9.17) is 8.83 Å². The van der Waals surface area contributed by atoms with Crippen LogP contribution in [0.1, 0.15) is 22.3 Å². The summed E-state index contributed by atoms with van der Waals surface area (Å²) in [4.78, 5) is 2.45. The Morgan fingerprint density at radius 1 is 0.300 bits per heavy atom. The third kappa shape index (κ3) is 6.15. The summed E-state index contributed by atoms with van der Waals surface area (Å²) in [6.07, 6.45) is 0. The molecule has 13 aromatic rings. The summed E-state index contributed by atoms with van der Waals surface area (Å²) in [5.74, 6) is 0. The molecule has 3 heteroatoms. The largest absolute Gasteiger partial charge is 0.456 e. The standard InChI is InChI=1S/C67H43NO2/c1-3-15-49(16-4-1)67(50-17-5-2-6-18-50)58-23-10-7-20-55(58)66-59(67)24-14-25-60(66)68(52-40-35-47(36-41-52)53-22-13-28-64-65(53)56-21-9-12-27-62(56)70-64)51-38-33-45(34-39-51)44-29-31-46(32-30-44)48-37-42-63-57(43-48)54-19-8-11-26-61(54)69-63/h1-43H. The maximum Gasteiger partial charge on any atom is 0.136 e. The third-order valence-corrected chi connectivity index (χ3v) is 14.6. The summed E-state index contributed by atoms with van der Waals surface area (Å²) in [6.45, 7) is 0. The molecule has 3 nitrogen and oxygen atoms in total. The smallest absolute Gasteiger partial charge is 0.136 e. The van der Waals surface area contributed by atoms with Gasteiger partial charge in [-0.1, -0.05) is 200 Å². The molecule has 70 heavy (non-hydrogen) atoms. The molecule has 0 amide bonds. The number of furan rings is 2. The van der Waals surface area contributed by atoms with Crippen molar-refractivity contribution in [2.45, 2.75) is 5.41 Å². The van der Waals surface area contributed by atoms with Gasteiger partial charge >= 0.3 is 0 Å². The van der Waals surface area contributed by atoms with Crippen molar-refractivity contribution in [3.63, 3.8) is 0 Å². The molecule has 0 radical (unpaired) electrons. The highest BCUT2D eigenvalue weighted by molar-refractivity contribution is 6.12. The number of benzene rings is 11. The molecule has 0 spiro atoms. The van der Waals surface area contributed by atoms with E-state index in [2.05, 4.69) is 241 Å². The number of nitrogens with zero attached hydrogens (tertiary/aromatic N) is 1. The molecule has 0 unspecified atom stereocenters. The molecule has 14 rings (SSSR count). The van der Waals surface area contributed by atoms with Gasteiger partial charge in [-0.15, -0.1) is 0 Å². The van der Waals surface area contributed by atoms with Crippen molar-refractivity contribution in [2.75, 3.05) is 4.90 Å². The minimum absolute atomic E-state index is 0.528. The predicted octanol–water partition coefficient (Wildman–Crippen LogP) is 18.3. The first-order valence-electron chi connectivity index (χ1n) is 24.0. The predicted molar refractivity (Wildman–Crippen MR) is 289 cm³/mol. The van der Waals surface area contributed by atoms with Gasteiger partial charge in [-0.05, 0) is 122 Å². The number of rotatable bonds is 8. The van der Waals surface area contributed by atoms with Crippen molar-refractivity contribution in [3.8, 4) is 44.5 Å². The molecule has 1 aliphatic carbocycles. The second-order valence-corrected chi connectivity index (χ2v) is 18.3. The van der Waals surface area contributed by atoms with E-state index in [1.807, 2.05) is 24.3 Å². The average Bonchev–Trinajstić information content (AvgIpc) is 4.11. The van der Waals surface area contributed by atoms with Crippen LogP contribution in [-0.4, -0.2) is 0 Å². The lowest BCUT2D eigenvalue weighted by molar-refractivity contribution is 0.668. The Bertz CT molecular complexity index is 4050. The number of para-hydroxylation sites is 2. The first-order chi connectivity index (χ1) is 34.7. The van der Waals surface area contributed by atoms with E-state index in [-0.39, 0.29) is 0 Å². The van der Waals surface area contributed by atoms with Gasteiger partial charge in [0.15, 0.2) is 0 Å². The van der Waals surface area contributed by atoms with E-state index in [1.54, 1.807) is 0 Å². The molecule has 0 bridgehead atoms.